The van der Waals surface area contributed by atoms with Crippen LogP contribution in [0.4, 0.5) is 5.82 Å². The van der Waals surface area contributed by atoms with Crippen LogP contribution in [0.3, 0.4) is 0 Å². The Bertz CT molecular complexity index is 1160. The minimum atomic E-state index is -3.86. The van der Waals surface area contributed by atoms with Crippen LogP contribution in [0, 0.1) is 6.92 Å². The molecule has 8 nitrogen and oxygen atoms in total. The molecule has 0 saturated heterocycles. The summed E-state index contributed by atoms with van der Waals surface area (Å²) in [5, 5.41) is 11.6. The predicted octanol–water partition coefficient (Wildman–Crippen LogP) is 2.58. The zero-order chi connectivity index (χ0) is 18.1. The van der Waals surface area contributed by atoms with Gasteiger partial charge in [0.1, 0.15) is 10.4 Å². The summed E-state index contributed by atoms with van der Waals surface area (Å²) in [4.78, 5) is -0.00988. The Morgan fingerprint density at radius 1 is 1.08 bits per heavy atom. The number of hydrogen-bond donors (Lipinski definition) is 1. The van der Waals surface area contributed by atoms with Gasteiger partial charge in [-0.3, -0.25) is 9.40 Å². The van der Waals surface area contributed by atoms with Crippen molar-refractivity contribution in [1.29, 1.82) is 0 Å². The quantitative estimate of drug-likeness (QED) is 0.580. The van der Waals surface area contributed by atoms with Gasteiger partial charge in [0.15, 0.2) is 11.3 Å². The van der Waals surface area contributed by atoms with Crippen molar-refractivity contribution in [3.05, 3.63) is 65.9 Å². The summed E-state index contributed by atoms with van der Waals surface area (Å²) in [6.07, 6.45) is 1.72. The van der Waals surface area contributed by atoms with E-state index in [0.717, 1.165) is 5.56 Å². The third kappa shape index (κ3) is 3.16. The van der Waals surface area contributed by atoms with Crippen LogP contribution in [0.2, 0.25) is 0 Å². The third-order valence-electron chi connectivity index (χ3n) is 3.88. The lowest BCUT2D eigenvalue weighted by atomic mass is 10.1. The van der Waals surface area contributed by atoms with Gasteiger partial charge in [0.05, 0.1) is 6.54 Å². The maximum Gasteiger partial charge on any atom is 0.265 e. The molecular weight excluding hydrogens is 354 g/mol. The molecule has 0 bridgehead atoms. The van der Waals surface area contributed by atoms with E-state index < -0.39 is 10.0 Å². The smallest absolute Gasteiger partial charge is 0.265 e. The number of fused-ring (bicyclic) bond motifs is 1. The molecule has 0 spiro atoms. The van der Waals surface area contributed by atoms with Crippen LogP contribution >= 0.6 is 0 Å². The van der Waals surface area contributed by atoms with Gasteiger partial charge in [0, 0.05) is 12.3 Å². The molecule has 0 aliphatic heterocycles. The molecule has 9 heteroatoms. The van der Waals surface area contributed by atoms with Crippen LogP contribution in [0.5, 0.6) is 0 Å². The number of sulfonamides is 1. The van der Waals surface area contributed by atoms with Crippen molar-refractivity contribution >= 4 is 26.9 Å². The summed E-state index contributed by atoms with van der Waals surface area (Å²) in [6.45, 7) is 2.57. The van der Waals surface area contributed by atoms with Gasteiger partial charge in [0.2, 0.25) is 0 Å². The van der Waals surface area contributed by atoms with Crippen LogP contribution in [0.25, 0.3) is 11.0 Å². The van der Waals surface area contributed by atoms with E-state index in [1.165, 1.54) is 11.6 Å². The van der Waals surface area contributed by atoms with Crippen molar-refractivity contribution in [2.75, 3.05) is 4.72 Å². The lowest BCUT2D eigenvalue weighted by Gasteiger charge is -2.06. The molecule has 0 saturated carbocycles. The monoisotopic (exact) mass is 369 g/mol. The van der Waals surface area contributed by atoms with Crippen molar-refractivity contribution < 1.29 is 13.0 Å². The van der Waals surface area contributed by atoms with Crippen molar-refractivity contribution in [2.45, 2.75) is 18.4 Å². The zero-order valence-corrected chi connectivity index (χ0v) is 14.6. The first-order valence-electron chi connectivity index (χ1n) is 7.84. The van der Waals surface area contributed by atoms with E-state index in [9.17, 15) is 8.42 Å². The molecule has 1 N–H and O–H groups in total. The third-order valence-corrected chi connectivity index (χ3v) is 5.27. The Morgan fingerprint density at radius 3 is 2.69 bits per heavy atom. The lowest BCUT2D eigenvalue weighted by Crippen LogP contribution is -2.14. The second-order valence-corrected chi connectivity index (χ2v) is 7.53. The van der Waals surface area contributed by atoms with Crippen LogP contribution in [0.15, 0.2) is 64.3 Å². The Kier molecular flexibility index (Phi) is 3.92. The fraction of sp³-hybridized carbons (Fsp3) is 0.118. The van der Waals surface area contributed by atoms with E-state index in [4.69, 9.17) is 0 Å². The van der Waals surface area contributed by atoms with E-state index in [1.54, 1.807) is 29.1 Å². The zero-order valence-electron chi connectivity index (χ0n) is 13.8. The van der Waals surface area contributed by atoms with Gasteiger partial charge in [-0.05, 0) is 34.9 Å². The summed E-state index contributed by atoms with van der Waals surface area (Å²) < 4.78 is 34.0. The van der Waals surface area contributed by atoms with Gasteiger partial charge in [-0.15, -0.1) is 0 Å². The second-order valence-electron chi connectivity index (χ2n) is 5.88. The highest BCUT2D eigenvalue weighted by atomic mass is 32.2. The van der Waals surface area contributed by atoms with Crippen molar-refractivity contribution in [1.82, 2.24) is 20.1 Å². The number of hydrogen-bond acceptors (Lipinski definition) is 6. The summed E-state index contributed by atoms with van der Waals surface area (Å²) in [7, 11) is -3.86. The van der Waals surface area contributed by atoms with Crippen molar-refractivity contribution in [3.8, 4) is 0 Å². The maximum absolute atomic E-state index is 12.6. The standard InChI is InChI=1S/C17H15N5O3S/c1-12-5-7-13(8-6-12)11-22-10-9-16(18-22)21-26(23,24)15-4-2-3-14-17(15)20-25-19-14/h2-10H,11H2,1H3,(H,18,21). The number of nitrogens with one attached hydrogen (secondary N) is 1. The van der Waals surface area contributed by atoms with Gasteiger partial charge in [-0.25, -0.2) is 13.0 Å². The largest absolute Gasteiger partial charge is 0.266 e. The summed E-state index contributed by atoms with van der Waals surface area (Å²) >= 11 is 0. The molecule has 26 heavy (non-hydrogen) atoms. The molecule has 0 amide bonds. The van der Waals surface area contributed by atoms with E-state index in [-0.39, 0.29) is 16.2 Å². The molecular formula is C17H15N5O3S. The predicted molar refractivity (Wildman–Crippen MR) is 95.1 cm³/mol. The first kappa shape index (κ1) is 16.3. The van der Waals surface area contributed by atoms with Gasteiger partial charge in [-0.2, -0.15) is 5.10 Å². The second kappa shape index (κ2) is 6.26. The fourth-order valence-corrected chi connectivity index (χ4v) is 3.72. The molecule has 4 rings (SSSR count). The fourth-order valence-electron chi connectivity index (χ4n) is 2.58. The highest BCUT2D eigenvalue weighted by molar-refractivity contribution is 7.93. The van der Waals surface area contributed by atoms with Gasteiger partial charge in [-0.1, -0.05) is 35.9 Å². The molecule has 0 radical (unpaired) electrons. The normalized spacial score (nSPS) is 11.7. The number of aryl methyl sites for hydroxylation is 1. The van der Waals surface area contributed by atoms with E-state index in [2.05, 4.69) is 24.8 Å². The van der Waals surface area contributed by atoms with Crippen molar-refractivity contribution in [2.24, 2.45) is 0 Å². The SMILES string of the molecule is Cc1ccc(Cn2ccc(NS(=O)(=O)c3cccc4nonc34)n2)cc1. The van der Waals surface area contributed by atoms with Crippen LogP contribution in [-0.4, -0.2) is 28.5 Å². The molecule has 2 aromatic carbocycles. The summed E-state index contributed by atoms with van der Waals surface area (Å²) in [5.74, 6) is 0.227. The molecule has 2 aromatic heterocycles. The first-order chi connectivity index (χ1) is 12.5. The number of anilines is 1. The van der Waals surface area contributed by atoms with Crippen LogP contribution in [-0.2, 0) is 16.6 Å². The number of nitrogens with zero attached hydrogens (tertiary/aromatic N) is 4. The number of rotatable bonds is 5. The highest BCUT2D eigenvalue weighted by Crippen LogP contribution is 2.22. The minimum Gasteiger partial charge on any atom is -0.266 e. The molecule has 0 unspecified atom stereocenters. The molecule has 132 valence electrons. The van der Waals surface area contributed by atoms with Crippen LogP contribution < -0.4 is 4.72 Å². The Morgan fingerprint density at radius 2 is 1.88 bits per heavy atom. The number of benzene rings is 2. The molecule has 0 atom stereocenters. The lowest BCUT2D eigenvalue weighted by molar-refractivity contribution is 0.315. The highest BCUT2D eigenvalue weighted by Gasteiger charge is 2.21. The minimum absolute atomic E-state index is 0.00988. The Hall–Kier alpha value is -3.20. The average Bonchev–Trinajstić information content (AvgIpc) is 3.25. The van der Waals surface area contributed by atoms with E-state index in [0.29, 0.717) is 12.1 Å². The molecule has 0 fully saturated rings. The van der Waals surface area contributed by atoms with Gasteiger partial charge >= 0.3 is 0 Å². The Labute approximate surface area is 149 Å². The Balaban J connectivity index is 1.56. The summed E-state index contributed by atoms with van der Waals surface area (Å²) in [5.41, 5.74) is 2.81. The van der Waals surface area contributed by atoms with E-state index >= 15 is 0 Å². The first-order valence-corrected chi connectivity index (χ1v) is 9.33. The maximum atomic E-state index is 12.6. The topological polar surface area (TPSA) is 103 Å². The molecule has 2 heterocycles. The molecule has 0 aliphatic rings. The molecule has 0 aliphatic carbocycles. The molecule has 4 aromatic rings. The van der Waals surface area contributed by atoms with Crippen molar-refractivity contribution in [3.63, 3.8) is 0 Å². The van der Waals surface area contributed by atoms with Crippen LogP contribution in [0.1, 0.15) is 11.1 Å². The van der Waals surface area contributed by atoms with Gasteiger partial charge < -0.3 is 0 Å². The average molecular weight is 369 g/mol. The van der Waals surface area contributed by atoms with E-state index in [1.807, 2.05) is 31.2 Å². The summed E-state index contributed by atoms with van der Waals surface area (Å²) in [6, 6.07) is 14.3. The number of aromatic nitrogens is 4. The van der Waals surface area contributed by atoms with Gasteiger partial charge in [0.25, 0.3) is 10.0 Å².